The summed E-state index contributed by atoms with van der Waals surface area (Å²) < 4.78 is 31.7. The molecule has 0 bridgehead atoms. The number of hydrogen-bond donors (Lipinski definition) is 1. The number of halogens is 1. The highest BCUT2D eigenvalue weighted by Crippen LogP contribution is 2.26. The molecule has 1 aliphatic heterocycles. The molecule has 0 amide bonds. The molecule has 2 N–H and O–H groups in total. The summed E-state index contributed by atoms with van der Waals surface area (Å²) in [5.41, 5.74) is 5.55. The summed E-state index contributed by atoms with van der Waals surface area (Å²) in [6.45, 7) is 1.75. The second kappa shape index (κ2) is 7.78. The Hall–Kier alpha value is 0.120. The third-order valence-electron chi connectivity index (χ3n) is 3.93. The molecule has 1 heterocycles. The SMILES string of the molecule is Cl.NCC1CN(S(=O)(=O)CC2CCCCC2)CCO1. The third-order valence-corrected chi connectivity index (χ3v) is 5.94. The van der Waals surface area contributed by atoms with Crippen molar-refractivity contribution >= 4 is 22.4 Å². The molecule has 0 radical (unpaired) electrons. The summed E-state index contributed by atoms with van der Waals surface area (Å²) >= 11 is 0. The Bertz CT molecular complexity index is 358. The molecular weight excluding hydrogens is 288 g/mol. The Balaban J connectivity index is 0.00000180. The van der Waals surface area contributed by atoms with E-state index < -0.39 is 10.0 Å². The summed E-state index contributed by atoms with van der Waals surface area (Å²) in [5.74, 6) is 0.660. The molecular formula is C12H25ClN2O3S. The molecule has 0 spiro atoms. The van der Waals surface area contributed by atoms with Gasteiger partial charge in [0.25, 0.3) is 0 Å². The van der Waals surface area contributed by atoms with E-state index in [1.807, 2.05) is 0 Å². The molecule has 1 aliphatic carbocycles. The quantitative estimate of drug-likeness (QED) is 0.840. The van der Waals surface area contributed by atoms with Gasteiger partial charge in [0.05, 0.1) is 18.5 Å². The maximum absolute atomic E-state index is 12.3. The molecule has 1 unspecified atom stereocenters. The molecule has 2 rings (SSSR count). The van der Waals surface area contributed by atoms with Crippen molar-refractivity contribution in [2.75, 3.05) is 32.0 Å². The molecule has 2 aliphatic rings. The number of rotatable bonds is 4. The third kappa shape index (κ3) is 4.86. The van der Waals surface area contributed by atoms with E-state index in [9.17, 15) is 8.42 Å². The second-order valence-electron chi connectivity index (χ2n) is 5.37. The molecule has 19 heavy (non-hydrogen) atoms. The second-order valence-corrected chi connectivity index (χ2v) is 7.38. The molecule has 7 heteroatoms. The minimum Gasteiger partial charge on any atom is -0.374 e. The fraction of sp³-hybridized carbons (Fsp3) is 1.00. The minimum atomic E-state index is -3.13. The molecule has 1 saturated heterocycles. The van der Waals surface area contributed by atoms with Crippen LogP contribution in [0.25, 0.3) is 0 Å². The molecule has 0 aromatic heterocycles. The summed E-state index contributed by atoms with van der Waals surface area (Å²) in [6, 6.07) is 0. The van der Waals surface area contributed by atoms with Crippen LogP contribution in [0.3, 0.4) is 0 Å². The summed E-state index contributed by atoms with van der Waals surface area (Å²) in [5, 5.41) is 0. The van der Waals surface area contributed by atoms with Crippen LogP contribution in [-0.4, -0.2) is 50.8 Å². The first-order chi connectivity index (χ1) is 8.62. The van der Waals surface area contributed by atoms with Crippen molar-refractivity contribution < 1.29 is 13.2 Å². The van der Waals surface area contributed by atoms with Gasteiger partial charge in [-0.25, -0.2) is 8.42 Å². The number of nitrogens with zero attached hydrogens (tertiary/aromatic N) is 1. The van der Waals surface area contributed by atoms with Gasteiger partial charge in [0.15, 0.2) is 0 Å². The van der Waals surface area contributed by atoms with E-state index in [1.54, 1.807) is 4.31 Å². The van der Waals surface area contributed by atoms with Crippen molar-refractivity contribution in [1.29, 1.82) is 0 Å². The first kappa shape index (κ1) is 17.2. The topological polar surface area (TPSA) is 72.6 Å². The van der Waals surface area contributed by atoms with Crippen LogP contribution in [0.5, 0.6) is 0 Å². The van der Waals surface area contributed by atoms with E-state index in [2.05, 4.69) is 0 Å². The zero-order valence-corrected chi connectivity index (χ0v) is 12.9. The Morgan fingerprint density at radius 1 is 1.21 bits per heavy atom. The van der Waals surface area contributed by atoms with Crippen molar-refractivity contribution in [3.63, 3.8) is 0 Å². The van der Waals surface area contributed by atoms with Gasteiger partial charge < -0.3 is 10.5 Å². The van der Waals surface area contributed by atoms with Gasteiger partial charge in [-0.05, 0) is 18.8 Å². The largest absolute Gasteiger partial charge is 0.374 e. The predicted octanol–water partition coefficient (Wildman–Crippen LogP) is 0.978. The van der Waals surface area contributed by atoms with Crippen LogP contribution in [0.2, 0.25) is 0 Å². The molecule has 1 atom stereocenters. The van der Waals surface area contributed by atoms with Crippen LogP contribution in [0.15, 0.2) is 0 Å². The lowest BCUT2D eigenvalue weighted by atomic mass is 9.91. The average Bonchev–Trinajstić information content (AvgIpc) is 2.39. The van der Waals surface area contributed by atoms with Crippen molar-refractivity contribution in [3.8, 4) is 0 Å². The van der Waals surface area contributed by atoms with Gasteiger partial charge in [0.1, 0.15) is 0 Å². The van der Waals surface area contributed by atoms with Gasteiger partial charge in [-0.3, -0.25) is 0 Å². The smallest absolute Gasteiger partial charge is 0.214 e. The van der Waals surface area contributed by atoms with Gasteiger partial charge in [-0.1, -0.05) is 19.3 Å². The summed E-state index contributed by atoms with van der Waals surface area (Å²) in [6.07, 6.45) is 5.58. The lowest BCUT2D eigenvalue weighted by Gasteiger charge is -2.33. The molecule has 2 fully saturated rings. The van der Waals surface area contributed by atoms with Gasteiger partial charge in [-0.15, -0.1) is 12.4 Å². The van der Waals surface area contributed by atoms with E-state index in [0.717, 1.165) is 12.8 Å². The zero-order valence-electron chi connectivity index (χ0n) is 11.3. The molecule has 0 aromatic rings. The fourth-order valence-electron chi connectivity index (χ4n) is 2.84. The lowest BCUT2D eigenvalue weighted by Crippen LogP contribution is -2.49. The number of ether oxygens (including phenoxy) is 1. The van der Waals surface area contributed by atoms with Gasteiger partial charge in [-0.2, -0.15) is 4.31 Å². The predicted molar refractivity (Wildman–Crippen MR) is 78.0 cm³/mol. The average molecular weight is 313 g/mol. The Kier molecular flexibility index (Phi) is 7.04. The molecule has 1 saturated carbocycles. The first-order valence-electron chi connectivity index (χ1n) is 6.91. The monoisotopic (exact) mass is 312 g/mol. The molecule has 0 aromatic carbocycles. The van der Waals surface area contributed by atoms with Crippen molar-refractivity contribution in [2.45, 2.75) is 38.2 Å². The summed E-state index contributed by atoms with van der Waals surface area (Å²) in [4.78, 5) is 0. The molecule has 114 valence electrons. The van der Waals surface area contributed by atoms with Crippen LogP contribution in [-0.2, 0) is 14.8 Å². The number of nitrogens with two attached hydrogens (primary N) is 1. The number of hydrogen-bond acceptors (Lipinski definition) is 4. The maximum atomic E-state index is 12.3. The van der Waals surface area contributed by atoms with Crippen LogP contribution in [0.4, 0.5) is 0 Å². The van der Waals surface area contributed by atoms with Crippen molar-refractivity contribution in [3.05, 3.63) is 0 Å². The van der Waals surface area contributed by atoms with Crippen LogP contribution < -0.4 is 5.73 Å². The lowest BCUT2D eigenvalue weighted by molar-refractivity contribution is 0.00437. The van der Waals surface area contributed by atoms with Crippen LogP contribution >= 0.6 is 12.4 Å². The fourth-order valence-corrected chi connectivity index (χ4v) is 4.73. The van der Waals surface area contributed by atoms with Gasteiger partial charge >= 0.3 is 0 Å². The van der Waals surface area contributed by atoms with Gasteiger partial charge in [0, 0.05) is 19.6 Å². The van der Waals surface area contributed by atoms with E-state index in [0.29, 0.717) is 37.9 Å². The highest BCUT2D eigenvalue weighted by atomic mass is 35.5. The van der Waals surface area contributed by atoms with E-state index in [1.165, 1.54) is 19.3 Å². The van der Waals surface area contributed by atoms with E-state index in [4.69, 9.17) is 10.5 Å². The normalized spacial score (nSPS) is 26.9. The Labute approximate surface area is 122 Å². The number of sulfonamides is 1. The zero-order chi connectivity index (χ0) is 13.0. The maximum Gasteiger partial charge on any atom is 0.214 e. The minimum absolute atomic E-state index is 0. The van der Waals surface area contributed by atoms with Crippen molar-refractivity contribution in [2.24, 2.45) is 11.7 Å². The van der Waals surface area contributed by atoms with E-state index >= 15 is 0 Å². The standard InChI is InChI=1S/C12H24N2O3S.ClH/c13-8-12-9-14(6-7-17-12)18(15,16)10-11-4-2-1-3-5-11;/h11-12H,1-10,13H2;1H. The van der Waals surface area contributed by atoms with Gasteiger partial charge in [0.2, 0.25) is 10.0 Å². The van der Waals surface area contributed by atoms with Crippen LogP contribution in [0.1, 0.15) is 32.1 Å². The van der Waals surface area contributed by atoms with E-state index in [-0.39, 0.29) is 18.5 Å². The summed E-state index contributed by atoms with van der Waals surface area (Å²) in [7, 11) is -3.13. The van der Waals surface area contributed by atoms with Crippen molar-refractivity contribution in [1.82, 2.24) is 4.31 Å². The molecule has 5 nitrogen and oxygen atoms in total. The first-order valence-corrected chi connectivity index (χ1v) is 8.52. The number of morpholine rings is 1. The van der Waals surface area contributed by atoms with Crippen LogP contribution in [0, 0.1) is 5.92 Å². The Morgan fingerprint density at radius 3 is 2.53 bits per heavy atom. The Morgan fingerprint density at radius 2 is 1.89 bits per heavy atom. The highest BCUT2D eigenvalue weighted by molar-refractivity contribution is 7.89. The highest BCUT2D eigenvalue weighted by Gasteiger charge is 2.31.